The molecule has 5 fully saturated rings. The number of nitrogens with one attached hydrogen (secondary N) is 1. The Balaban J connectivity index is 1.19. The highest BCUT2D eigenvalue weighted by Crippen LogP contribution is 2.55. The van der Waals surface area contributed by atoms with E-state index < -0.39 is 0 Å². The van der Waals surface area contributed by atoms with E-state index >= 15 is 0 Å². The molecule has 158 valence electrons. The predicted octanol–water partition coefficient (Wildman–Crippen LogP) is 3.49. The SMILES string of the molecule is CCOc1cc(C)nc(N2CCC(C(=O)NC34CC5CC(CC(C5)C3)C4)CC2)n1. The molecule has 6 heteroatoms. The molecule has 6 rings (SSSR count). The quantitative estimate of drug-likeness (QED) is 0.822. The van der Waals surface area contributed by atoms with Crippen LogP contribution >= 0.6 is 0 Å². The van der Waals surface area contributed by atoms with E-state index in [1.165, 1.54) is 38.5 Å². The fraction of sp³-hybridized carbons (Fsp3) is 0.783. The van der Waals surface area contributed by atoms with Crippen molar-refractivity contribution in [1.29, 1.82) is 0 Å². The van der Waals surface area contributed by atoms with Gasteiger partial charge in [0.25, 0.3) is 0 Å². The maximum atomic E-state index is 13.1. The van der Waals surface area contributed by atoms with E-state index in [1.54, 1.807) is 0 Å². The van der Waals surface area contributed by atoms with Gasteiger partial charge in [0.05, 0.1) is 6.61 Å². The molecule has 0 aromatic carbocycles. The summed E-state index contributed by atoms with van der Waals surface area (Å²) >= 11 is 0. The van der Waals surface area contributed by atoms with E-state index in [4.69, 9.17) is 4.74 Å². The van der Waals surface area contributed by atoms with Crippen molar-refractivity contribution in [3.63, 3.8) is 0 Å². The zero-order valence-electron chi connectivity index (χ0n) is 17.8. The first-order valence-electron chi connectivity index (χ1n) is 11.6. The molecule has 4 saturated carbocycles. The Morgan fingerprint density at radius 1 is 1.14 bits per heavy atom. The van der Waals surface area contributed by atoms with Gasteiger partial charge in [-0.15, -0.1) is 0 Å². The normalized spacial score (nSPS) is 33.7. The minimum absolute atomic E-state index is 0.120. The van der Waals surface area contributed by atoms with E-state index in [9.17, 15) is 4.79 Å². The number of rotatable bonds is 5. The monoisotopic (exact) mass is 398 g/mol. The summed E-state index contributed by atoms with van der Waals surface area (Å²) in [7, 11) is 0. The fourth-order valence-corrected chi connectivity index (χ4v) is 6.86. The van der Waals surface area contributed by atoms with Gasteiger partial charge in [-0.3, -0.25) is 4.79 Å². The van der Waals surface area contributed by atoms with Crippen LogP contribution in [0.5, 0.6) is 5.88 Å². The molecule has 1 aromatic rings. The highest BCUT2D eigenvalue weighted by atomic mass is 16.5. The van der Waals surface area contributed by atoms with Gasteiger partial charge in [-0.25, -0.2) is 4.98 Å². The van der Waals surface area contributed by atoms with Crippen LogP contribution in [0, 0.1) is 30.6 Å². The lowest BCUT2D eigenvalue weighted by atomic mass is 9.53. The summed E-state index contributed by atoms with van der Waals surface area (Å²) in [6.45, 7) is 6.19. The summed E-state index contributed by atoms with van der Waals surface area (Å²) in [5, 5.41) is 3.58. The Hall–Kier alpha value is -1.85. The molecule has 2 heterocycles. The van der Waals surface area contributed by atoms with Crippen LogP contribution in [0.25, 0.3) is 0 Å². The molecule has 1 aliphatic heterocycles. The van der Waals surface area contributed by atoms with Gasteiger partial charge in [0.2, 0.25) is 17.7 Å². The maximum Gasteiger partial charge on any atom is 0.228 e. The molecule has 1 saturated heterocycles. The lowest BCUT2D eigenvalue weighted by Crippen LogP contribution is -2.61. The second-order valence-corrected chi connectivity index (χ2v) is 10.0. The van der Waals surface area contributed by atoms with Crippen molar-refractivity contribution in [3.8, 4) is 5.88 Å². The number of anilines is 1. The summed E-state index contributed by atoms with van der Waals surface area (Å²) in [6, 6.07) is 1.87. The number of carbonyl (C=O) groups is 1. The zero-order valence-corrected chi connectivity index (χ0v) is 17.8. The van der Waals surface area contributed by atoms with Crippen molar-refractivity contribution in [1.82, 2.24) is 15.3 Å². The van der Waals surface area contributed by atoms with Crippen molar-refractivity contribution in [2.75, 3.05) is 24.6 Å². The summed E-state index contributed by atoms with van der Waals surface area (Å²) in [6.07, 6.45) is 9.65. The van der Waals surface area contributed by atoms with Crippen molar-refractivity contribution >= 4 is 11.9 Å². The van der Waals surface area contributed by atoms with Crippen LogP contribution in [0.15, 0.2) is 6.07 Å². The Bertz CT molecular complexity index is 737. The topological polar surface area (TPSA) is 67.3 Å². The molecule has 4 aliphatic carbocycles. The zero-order chi connectivity index (χ0) is 20.0. The van der Waals surface area contributed by atoms with E-state index in [2.05, 4.69) is 20.2 Å². The molecule has 5 aliphatic rings. The average molecular weight is 399 g/mol. The minimum Gasteiger partial charge on any atom is -0.478 e. The van der Waals surface area contributed by atoms with E-state index in [0.717, 1.165) is 55.3 Å². The third-order valence-corrected chi connectivity index (χ3v) is 7.69. The van der Waals surface area contributed by atoms with Crippen molar-refractivity contribution in [3.05, 3.63) is 11.8 Å². The van der Waals surface area contributed by atoms with Gasteiger partial charge in [0.15, 0.2) is 0 Å². The van der Waals surface area contributed by atoms with Crippen molar-refractivity contribution in [2.24, 2.45) is 23.7 Å². The van der Waals surface area contributed by atoms with Crippen LogP contribution in [-0.2, 0) is 4.79 Å². The summed E-state index contributed by atoms with van der Waals surface area (Å²) in [4.78, 5) is 24.5. The molecule has 0 spiro atoms. The first kappa shape index (κ1) is 19.1. The first-order chi connectivity index (χ1) is 14.0. The Morgan fingerprint density at radius 2 is 1.76 bits per heavy atom. The molecular formula is C23H34N4O2. The predicted molar refractivity (Wildman–Crippen MR) is 112 cm³/mol. The lowest BCUT2D eigenvalue weighted by molar-refractivity contribution is -0.131. The molecule has 1 amide bonds. The Kier molecular flexibility index (Phi) is 4.91. The molecule has 29 heavy (non-hydrogen) atoms. The number of carbonyl (C=O) groups excluding carboxylic acids is 1. The number of aryl methyl sites for hydroxylation is 1. The lowest BCUT2D eigenvalue weighted by Gasteiger charge is -2.57. The second-order valence-electron chi connectivity index (χ2n) is 10.0. The van der Waals surface area contributed by atoms with Gasteiger partial charge in [0.1, 0.15) is 0 Å². The fourth-order valence-electron chi connectivity index (χ4n) is 6.86. The molecule has 0 unspecified atom stereocenters. The summed E-state index contributed by atoms with van der Waals surface area (Å²) < 4.78 is 5.57. The molecule has 4 bridgehead atoms. The number of nitrogens with zero attached hydrogens (tertiary/aromatic N) is 3. The standard InChI is InChI=1S/C23H34N4O2/c1-3-29-20-8-15(2)24-22(25-20)27-6-4-19(5-7-27)21(28)26-23-12-16-9-17(13-23)11-18(10-16)14-23/h8,16-19H,3-7,9-14H2,1-2H3,(H,26,28). The second kappa shape index (κ2) is 7.44. The van der Waals surface area contributed by atoms with Gasteiger partial charge in [-0.2, -0.15) is 4.98 Å². The van der Waals surface area contributed by atoms with Gasteiger partial charge in [0, 0.05) is 36.3 Å². The largest absolute Gasteiger partial charge is 0.478 e. The molecule has 1 N–H and O–H groups in total. The van der Waals surface area contributed by atoms with Crippen LogP contribution in [0.4, 0.5) is 5.95 Å². The van der Waals surface area contributed by atoms with E-state index in [0.29, 0.717) is 18.4 Å². The molecular weight excluding hydrogens is 364 g/mol. The number of ether oxygens (including phenoxy) is 1. The number of hydrogen-bond acceptors (Lipinski definition) is 5. The first-order valence-corrected chi connectivity index (χ1v) is 11.6. The van der Waals surface area contributed by atoms with Crippen molar-refractivity contribution in [2.45, 2.75) is 70.8 Å². The van der Waals surface area contributed by atoms with Crippen LogP contribution in [0.1, 0.15) is 64.0 Å². The van der Waals surface area contributed by atoms with Gasteiger partial charge in [-0.05, 0) is 83.0 Å². The Labute approximate surface area is 173 Å². The molecule has 0 radical (unpaired) electrons. The van der Waals surface area contributed by atoms with Crippen LogP contribution in [0.2, 0.25) is 0 Å². The Morgan fingerprint density at radius 3 is 2.34 bits per heavy atom. The summed E-state index contributed by atoms with van der Waals surface area (Å²) in [5.74, 6) is 4.37. The van der Waals surface area contributed by atoms with Crippen molar-refractivity contribution < 1.29 is 9.53 Å². The number of amides is 1. The van der Waals surface area contributed by atoms with Crippen LogP contribution < -0.4 is 15.0 Å². The minimum atomic E-state index is 0.120. The van der Waals surface area contributed by atoms with Gasteiger partial charge in [-0.1, -0.05) is 0 Å². The number of hydrogen-bond donors (Lipinski definition) is 1. The highest BCUT2D eigenvalue weighted by molar-refractivity contribution is 5.80. The average Bonchev–Trinajstić information content (AvgIpc) is 2.66. The van der Waals surface area contributed by atoms with Gasteiger partial charge >= 0.3 is 0 Å². The maximum absolute atomic E-state index is 13.1. The van der Waals surface area contributed by atoms with Gasteiger partial charge < -0.3 is 15.0 Å². The smallest absolute Gasteiger partial charge is 0.228 e. The third-order valence-electron chi connectivity index (χ3n) is 7.69. The third kappa shape index (κ3) is 3.82. The number of piperidine rings is 1. The van der Waals surface area contributed by atoms with Crippen LogP contribution in [-0.4, -0.2) is 41.1 Å². The number of aromatic nitrogens is 2. The van der Waals surface area contributed by atoms with Crippen LogP contribution in [0.3, 0.4) is 0 Å². The molecule has 1 aromatic heterocycles. The van der Waals surface area contributed by atoms with E-state index in [-0.39, 0.29) is 11.5 Å². The summed E-state index contributed by atoms with van der Waals surface area (Å²) in [5.41, 5.74) is 1.04. The molecule has 6 nitrogen and oxygen atoms in total. The molecule has 0 atom stereocenters. The van der Waals surface area contributed by atoms with E-state index in [1.807, 2.05) is 19.9 Å². The highest BCUT2D eigenvalue weighted by Gasteiger charge is 2.51.